The quantitative estimate of drug-likeness (QED) is 0.629. The molecule has 0 aromatic heterocycles. The predicted molar refractivity (Wildman–Crippen MR) is 45.7 cm³/mol. The maximum atomic E-state index is 11.2. The van der Waals surface area contributed by atoms with Crippen molar-refractivity contribution < 1.29 is 9.53 Å². The van der Waals surface area contributed by atoms with Gasteiger partial charge in [0.25, 0.3) is 0 Å². The minimum absolute atomic E-state index is 0.0366. The van der Waals surface area contributed by atoms with E-state index in [9.17, 15) is 4.79 Å². The molecule has 1 heterocycles. The normalized spacial score (nSPS) is 23.2. The number of hydrogen-bond acceptors (Lipinski definition) is 3. The monoisotopic (exact) mass is 172 g/mol. The highest BCUT2D eigenvalue weighted by molar-refractivity contribution is 5.78. The van der Waals surface area contributed by atoms with Crippen LogP contribution < -0.4 is 5.73 Å². The molecule has 0 radical (unpaired) electrons. The summed E-state index contributed by atoms with van der Waals surface area (Å²) >= 11 is 0. The lowest BCUT2D eigenvalue weighted by Crippen LogP contribution is -2.41. The van der Waals surface area contributed by atoms with Gasteiger partial charge >= 0.3 is 0 Å². The third-order valence-electron chi connectivity index (χ3n) is 2.23. The Morgan fingerprint density at radius 2 is 2.50 bits per heavy atom. The van der Waals surface area contributed by atoms with Crippen LogP contribution in [0.4, 0.5) is 0 Å². The fourth-order valence-electron chi connectivity index (χ4n) is 1.65. The molecule has 2 N–H and O–H groups in total. The summed E-state index contributed by atoms with van der Waals surface area (Å²) < 4.78 is 5.02. The zero-order valence-electron chi connectivity index (χ0n) is 7.45. The van der Waals surface area contributed by atoms with Crippen molar-refractivity contribution in [2.24, 2.45) is 5.73 Å². The molecule has 0 aromatic rings. The average molecular weight is 172 g/mol. The van der Waals surface area contributed by atoms with Crippen molar-refractivity contribution >= 4 is 5.91 Å². The standard InChI is InChI=1S/C8H16N2O2/c1-12-6-7-3-2-4-10(7)8(11)5-9/h7H,2-6,9H2,1H3/t7-/m0/s1. The summed E-state index contributed by atoms with van der Waals surface area (Å²) in [5.41, 5.74) is 5.28. The Kier molecular flexibility index (Phi) is 3.49. The molecule has 70 valence electrons. The van der Waals surface area contributed by atoms with Crippen molar-refractivity contribution in [1.29, 1.82) is 0 Å². The molecule has 1 aliphatic heterocycles. The van der Waals surface area contributed by atoms with E-state index in [0.29, 0.717) is 6.61 Å². The number of hydrogen-bond donors (Lipinski definition) is 1. The highest BCUT2D eigenvalue weighted by Gasteiger charge is 2.27. The Morgan fingerprint density at radius 3 is 3.08 bits per heavy atom. The molecule has 0 unspecified atom stereocenters. The molecule has 0 aliphatic carbocycles. The van der Waals surface area contributed by atoms with Gasteiger partial charge in [-0.2, -0.15) is 0 Å². The third kappa shape index (κ3) is 1.95. The lowest BCUT2D eigenvalue weighted by molar-refractivity contribution is -0.131. The minimum atomic E-state index is 0.0366. The van der Waals surface area contributed by atoms with Crippen molar-refractivity contribution in [3.05, 3.63) is 0 Å². The van der Waals surface area contributed by atoms with E-state index in [-0.39, 0.29) is 18.5 Å². The molecule has 12 heavy (non-hydrogen) atoms. The van der Waals surface area contributed by atoms with Crippen LogP contribution in [0.15, 0.2) is 0 Å². The van der Waals surface area contributed by atoms with Crippen LogP contribution in [-0.2, 0) is 9.53 Å². The maximum Gasteiger partial charge on any atom is 0.236 e. The lowest BCUT2D eigenvalue weighted by atomic mass is 10.2. The van der Waals surface area contributed by atoms with Crippen molar-refractivity contribution in [3.8, 4) is 0 Å². The topological polar surface area (TPSA) is 55.6 Å². The molecule has 4 nitrogen and oxygen atoms in total. The molecule has 0 spiro atoms. The number of ether oxygens (including phenoxy) is 1. The molecular weight excluding hydrogens is 156 g/mol. The van der Waals surface area contributed by atoms with Crippen LogP contribution in [0.1, 0.15) is 12.8 Å². The molecular formula is C8H16N2O2. The zero-order chi connectivity index (χ0) is 8.97. The average Bonchev–Trinajstić information content (AvgIpc) is 2.52. The highest BCUT2D eigenvalue weighted by atomic mass is 16.5. The molecule has 1 aliphatic rings. The Balaban J connectivity index is 2.45. The van der Waals surface area contributed by atoms with Gasteiger partial charge in [0.2, 0.25) is 5.91 Å². The Hall–Kier alpha value is -0.610. The van der Waals surface area contributed by atoms with Gasteiger partial charge in [-0.3, -0.25) is 4.79 Å². The number of likely N-dealkylation sites (tertiary alicyclic amines) is 1. The summed E-state index contributed by atoms with van der Waals surface area (Å²) in [6.45, 7) is 1.58. The van der Waals surface area contributed by atoms with E-state index in [2.05, 4.69) is 0 Å². The van der Waals surface area contributed by atoms with E-state index in [0.717, 1.165) is 19.4 Å². The smallest absolute Gasteiger partial charge is 0.236 e. The fourth-order valence-corrected chi connectivity index (χ4v) is 1.65. The molecule has 1 rings (SSSR count). The molecule has 4 heteroatoms. The summed E-state index contributed by atoms with van der Waals surface area (Å²) in [5, 5.41) is 0. The number of nitrogens with zero attached hydrogens (tertiary/aromatic N) is 1. The SMILES string of the molecule is COC[C@@H]1CCCN1C(=O)CN. The first kappa shape index (κ1) is 9.48. The summed E-state index contributed by atoms with van der Waals surface area (Å²) in [4.78, 5) is 13.1. The molecule has 1 amide bonds. The fraction of sp³-hybridized carbons (Fsp3) is 0.875. The summed E-state index contributed by atoms with van der Waals surface area (Å²) in [7, 11) is 1.66. The van der Waals surface area contributed by atoms with Crippen LogP contribution in [0.3, 0.4) is 0 Å². The lowest BCUT2D eigenvalue weighted by Gasteiger charge is -2.23. The predicted octanol–water partition coefficient (Wildman–Crippen LogP) is -0.417. The first-order valence-corrected chi connectivity index (χ1v) is 4.28. The van der Waals surface area contributed by atoms with Crippen LogP contribution in [0.2, 0.25) is 0 Å². The third-order valence-corrected chi connectivity index (χ3v) is 2.23. The van der Waals surface area contributed by atoms with Gasteiger partial charge in [0.15, 0.2) is 0 Å². The van der Waals surface area contributed by atoms with Crippen molar-refractivity contribution in [2.45, 2.75) is 18.9 Å². The van der Waals surface area contributed by atoms with Crippen LogP contribution in [0, 0.1) is 0 Å². The molecule has 1 saturated heterocycles. The van der Waals surface area contributed by atoms with Gasteiger partial charge in [-0.1, -0.05) is 0 Å². The van der Waals surface area contributed by atoms with E-state index < -0.39 is 0 Å². The van der Waals surface area contributed by atoms with Gasteiger partial charge in [0.05, 0.1) is 19.2 Å². The van der Waals surface area contributed by atoms with Gasteiger partial charge in [-0.05, 0) is 12.8 Å². The Morgan fingerprint density at radius 1 is 1.75 bits per heavy atom. The van der Waals surface area contributed by atoms with Gasteiger partial charge < -0.3 is 15.4 Å². The van der Waals surface area contributed by atoms with E-state index in [1.165, 1.54) is 0 Å². The van der Waals surface area contributed by atoms with Crippen LogP contribution in [0.25, 0.3) is 0 Å². The van der Waals surface area contributed by atoms with E-state index in [1.54, 1.807) is 7.11 Å². The van der Waals surface area contributed by atoms with Gasteiger partial charge in [0, 0.05) is 13.7 Å². The van der Waals surface area contributed by atoms with Gasteiger partial charge in [-0.15, -0.1) is 0 Å². The molecule has 0 aromatic carbocycles. The van der Waals surface area contributed by atoms with E-state index in [4.69, 9.17) is 10.5 Å². The number of rotatable bonds is 3. The van der Waals surface area contributed by atoms with Gasteiger partial charge in [0.1, 0.15) is 0 Å². The highest BCUT2D eigenvalue weighted by Crippen LogP contribution is 2.16. The molecule has 1 atom stereocenters. The van der Waals surface area contributed by atoms with Crippen molar-refractivity contribution in [1.82, 2.24) is 4.90 Å². The van der Waals surface area contributed by atoms with E-state index in [1.807, 2.05) is 4.90 Å². The number of carbonyl (C=O) groups excluding carboxylic acids is 1. The number of carbonyl (C=O) groups is 1. The van der Waals surface area contributed by atoms with Crippen molar-refractivity contribution in [2.75, 3.05) is 26.8 Å². The van der Waals surface area contributed by atoms with Crippen LogP contribution in [0.5, 0.6) is 0 Å². The van der Waals surface area contributed by atoms with Crippen LogP contribution >= 0.6 is 0 Å². The van der Waals surface area contributed by atoms with E-state index >= 15 is 0 Å². The summed E-state index contributed by atoms with van der Waals surface area (Å²) in [6, 6.07) is 0.256. The molecule has 0 saturated carbocycles. The maximum absolute atomic E-state index is 11.2. The Bertz CT molecular complexity index is 161. The van der Waals surface area contributed by atoms with Gasteiger partial charge in [-0.25, -0.2) is 0 Å². The molecule has 1 fully saturated rings. The number of nitrogens with two attached hydrogens (primary N) is 1. The second-order valence-electron chi connectivity index (χ2n) is 3.04. The Labute approximate surface area is 72.7 Å². The van der Waals surface area contributed by atoms with Crippen molar-refractivity contribution in [3.63, 3.8) is 0 Å². The van der Waals surface area contributed by atoms with Crippen LogP contribution in [-0.4, -0.2) is 43.7 Å². The second-order valence-corrected chi connectivity index (χ2v) is 3.04. The summed E-state index contributed by atoms with van der Waals surface area (Å²) in [6.07, 6.45) is 2.11. The number of amides is 1. The largest absolute Gasteiger partial charge is 0.383 e. The zero-order valence-corrected chi connectivity index (χ0v) is 7.45. The minimum Gasteiger partial charge on any atom is -0.383 e. The first-order chi connectivity index (χ1) is 5.79. The second kappa shape index (κ2) is 4.42. The first-order valence-electron chi connectivity index (χ1n) is 4.28. The molecule has 0 bridgehead atoms. The number of methoxy groups -OCH3 is 1. The summed E-state index contributed by atoms with van der Waals surface area (Å²) in [5.74, 6) is 0.0366.